The van der Waals surface area contributed by atoms with Crippen LogP contribution in [0, 0.1) is 6.92 Å². The fourth-order valence-corrected chi connectivity index (χ4v) is 3.06. The highest BCUT2D eigenvalue weighted by molar-refractivity contribution is 5.17. The molecule has 0 radical (unpaired) electrons. The molecule has 0 unspecified atom stereocenters. The number of pyridine rings is 1. The van der Waals surface area contributed by atoms with Gasteiger partial charge in [-0.05, 0) is 43.7 Å². The lowest BCUT2D eigenvalue weighted by molar-refractivity contribution is 0.122. The van der Waals surface area contributed by atoms with E-state index in [1.54, 1.807) is 7.11 Å². The molecule has 2 heterocycles. The molecule has 1 fully saturated rings. The Labute approximate surface area is 131 Å². The lowest BCUT2D eigenvalue weighted by Crippen LogP contribution is -2.36. The van der Waals surface area contributed by atoms with Crippen LogP contribution in [0.15, 0.2) is 23.0 Å². The topological polar surface area (TPSA) is 61.0 Å². The summed E-state index contributed by atoms with van der Waals surface area (Å²) in [5.41, 5.74) is 2.47. The van der Waals surface area contributed by atoms with E-state index in [1.807, 2.05) is 12.4 Å². The third kappa shape index (κ3) is 3.19. The fraction of sp³-hybridized carbons (Fsp3) is 0.588. The van der Waals surface area contributed by atoms with Gasteiger partial charge >= 0.3 is 0 Å². The molecule has 5 nitrogen and oxygen atoms in total. The zero-order chi connectivity index (χ0) is 15.4. The molecule has 1 aliphatic carbocycles. The molecule has 5 heteroatoms. The maximum atomic E-state index is 5.46. The van der Waals surface area contributed by atoms with Crippen molar-refractivity contribution in [1.82, 2.24) is 15.1 Å². The van der Waals surface area contributed by atoms with Crippen LogP contribution in [-0.4, -0.2) is 28.8 Å². The quantitative estimate of drug-likeness (QED) is 0.786. The second kappa shape index (κ2) is 6.57. The largest absolute Gasteiger partial charge is 0.385 e. The Morgan fingerprint density at radius 3 is 2.82 bits per heavy atom. The molecule has 0 spiro atoms. The summed E-state index contributed by atoms with van der Waals surface area (Å²) in [4.78, 5) is 8.86. The molecule has 0 amide bonds. The van der Waals surface area contributed by atoms with Crippen LogP contribution in [0.5, 0.6) is 0 Å². The predicted octanol–water partition coefficient (Wildman–Crippen LogP) is 3.02. The van der Waals surface area contributed by atoms with E-state index < -0.39 is 0 Å². The molecule has 0 saturated heterocycles. The highest BCUT2D eigenvalue weighted by Gasteiger charge is 2.42. The summed E-state index contributed by atoms with van der Waals surface area (Å²) in [6.45, 7) is 2.80. The number of hydrogen-bond donors (Lipinski definition) is 0. The number of ether oxygens (including phenoxy) is 1. The Bertz CT molecular complexity index is 620. The lowest BCUT2D eigenvalue weighted by atomic mass is 9.66. The van der Waals surface area contributed by atoms with Crippen molar-refractivity contribution in [2.24, 2.45) is 0 Å². The molecule has 0 bridgehead atoms. The summed E-state index contributed by atoms with van der Waals surface area (Å²) in [5.74, 6) is 1.59. The van der Waals surface area contributed by atoms with Crippen molar-refractivity contribution in [1.29, 1.82) is 0 Å². The first kappa shape index (κ1) is 15.2. The van der Waals surface area contributed by atoms with Crippen LogP contribution in [0.3, 0.4) is 0 Å². The fourth-order valence-electron chi connectivity index (χ4n) is 3.06. The highest BCUT2D eigenvalue weighted by atomic mass is 16.5. The van der Waals surface area contributed by atoms with Crippen LogP contribution in [0.25, 0.3) is 0 Å². The van der Waals surface area contributed by atoms with E-state index in [0.717, 1.165) is 50.4 Å². The maximum absolute atomic E-state index is 5.46. The van der Waals surface area contributed by atoms with Crippen molar-refractivity contribution in [2.75, 3.05) is 13.7 Å². The molecule has 0 atom stereocenters. The van der Waals surface area contributed by atoms with Crippen LogP contribution in [0.1, 0.15) is 48.5 Å². The SMILES string of the molecule is COCCC1(c2noc(CCc3cncc(C)c3)n2)CCC1. The van der Waals surface area contributed by atoms with Crippen molar-refractivity contribution >= 4 is 0 Å². The summed E-state index contributed by atoms with van der Waals surface area (Å²) in [7, 11) is 1.74. The van der Waals surface area contributed by atoms with Crippen LogP contribution >= 0.6 is 0 Å². The monoisotopic (exact) mass is 301 g/mol. The smallest absolute Gasteiger partial charge is 0.226 e. The molecule has 0 N–H and O–H groups in total. The Kier molecular flexibility index (Phi) is 4.52. The Morgan fingerprint density at radius 2 is 2.14 bits per heavy atom. The standard InChI is InChI=1S/C17H23N3O2/c1-13-10-14(12-18-11-13)4-5-15-19-16(20-22-15)17(6-3-7-17)8-9-21-2/h10-12H,3-9H2,1-2H3. The average molecular weight is 301 g/mol. The molecule has 1 saturated carbocycles. The number of hydrogen-bond acceptors (Lipinski definition) is 5. The van der Waals surface area contributed by atoms with Crippen LogP contribution < -0.4 is 0 Å². The van der Waals surface area contributed by atoms with Crippen molar-refractivity contribution in [3.8, 4) is 0 Å². The van der Waals surface area contributed by atoms with Gasteiger partial charge < -0.3 is 9.26 Å². The Hall–Kier alpha value is -1.75. The zero-order valence-electron chi connectivity index (χ0n) is 13.3. The minimum Gasteiger partial charge on any atom is -0.385 e. The van der Waals surface area contributed by atoms with E-state index in [-0.39, 0.29) is 5.41 Å². The molecule has 3 rings (SSSR count). The summed E-state index contributed by atoms with van der Waals surface area (Å²) in [6.07, 6.45) is 9.89. The molecule has 0 aliphatic heterocycles. The van der Waals surface area contributed by atoms with Gasteiger partial charge in [0.2, 0.25) is 5.89 Å². The summed E-state index contributed by atoms with van der Waals surface area (Å²) < 4.78 is 10.7. The Morgan fingerprint density at radius 1 is 1.27 bits per heavy atom. The maximum Gasteiger partial charge on any atom is 0.226 e. The van der Waals surface area contributed by atoms with E-state index >= 15 is 0 Å². The average Bonchev–Trinajstić information content (AvgIpc) is 2.94. The molecule has 0 aromatic carbocycles. The van der Waals surface area contributed by atoms with E-state index in [1.165, 1.54) is 17.5 Å². The second-order valence-electron chi connectivity index (χ2n) is 6.26. The summed E-state index contributed by atoms with van der Waals surface area (Å²) in [6, 6.07) is 2.15. The first-order valence-electron chi connectivity index (χ1n) is 7.94. The minimum absolute atomic E-state index is 0.0860. The number of rotatable bonds is 7. The number of aryl methyl sites for hydroxylation is 3. The van der Waals surface area contributed by atoms with Gasteiger partial charge in [0.15, 0.2) is 5.82 Å². The Balaban J connectivity index is 1.63. The van der Waals surface area contributed by atoms with Crippen LogP contribution in [0.2, 0.25) is 0 Å². The molecular weight excluding hydrogens is 278 g/mol. The number of nitrogens with zero attached hydrogens (tertiary/aromatic N) is 3. The summed E-state index contributed by atoms with van der Waals surface area (Å²) in [5, 5.41) is 4.24. The number of methoxy groups -OCH3 is 1. The van der Waals surface area contributed by atoms with Crippen molar-refractivity contribution in [3.05, 3.63) is 41.3 Å². The number of aromatic nitrogens is 3. The lowest BCUT2D eigenvalue weighted by Gasteiger charge is -2.38. The van der Waals surface area contributed by atoms with Gasteiger partial charge in [0.25, 0.3) is 0 Å². The molecule has 22 heavy (non-hydrogen) atoms. The van der Waals surface area contributed by atoms with Crippen molar-refractivity contribution < 1.29 is 9.26 Å². The van der Waals surface area contributed by atoms with E-state index in [4.69, 9.17) is 9.26 Å². The van der Waals surface area contributed by atoms with Gasteiger partial charge in [-0.3, -0.25) is 4.98 Å². The van der Waals surface area contributed by atoms with E-state index in [9.17, 15) is 0 Å². The molecular formula is C17H23N3O2. The van der Waals surface area contributed by atoms with E-state index in [2.05, 4.69) is 28.1 Å². The van der Waals surface area contributed by atoms with Gasteiger partial charge in [0.1, 0.15) is 0 Å². The third-order valence-corrected chi connectivity index (χ3v) is 4.60. The van der Waals surface area contributed by atoms with Gasteiger partial charge in [0.05, 0.1) is 0 Å². The van der Waals surface area contributed by atoms with Crippen molar-refractivity contribution in [2.45, 2.75) is 50.9 Å². The van der Waals surface area contributed by atoms with E-state index in [0.29, 0.717) is 0 Å². The summed E-state index contributed by atoms with van der Waals surface area (Å²) >= 11 is 0. The van der Waals surface area contributed by atoms with Gasteiger partial charge in [0, 0.05) is 37.9 Å². The molecule has 2 aromatic heterocycles. The van der Waals surface area contributed by atoms with Gasteiger partial charge in [-0.15, -0.1) is 0 Å². The first-order chi connectivity index (χ1) is 10.7. The second-order valence-corrected chi connectivity index (χ2v) is 6.26. The normalized spacial score (nSPS) is 16.5. The van der Waals surface area contributed by atoms with Crippen LogP contribution in [0.4, 0.5) is 0 Å². The van der Waals surface area contributed by atoms with Gasteiger partial charge in [-0.25, -0.2) is 0 Å². The minimum atomic E-state index is 0.0860. The predicted molar refractivity (Wildman–Crippen MR) is 82.7 cm³/mol. The molecule has 1 aliphatic rings. The first-order valence-corrected chi connectivity index (χ1v) is 7.94. The third-order valence-electron chi connectivity index (χ3n) is 4.60. The molecule has 118 valence electrons. The zero-order valence-corrected chi connectivity index (χ0v) is 13.3. The van der Waals surface area contributed by atoms with Gasteiger partial charge in [-0.1, -0.05) is 17.6 Å². The van der Waals surface area contributed by atoms with Crippen LogP contribution in [-0.2, 0) is 23.0 Å². The highest BCUT2D eigenvalue weighted by Crippen LogP contribution is 2.45. The van der Waals surface area contributed by atoms with Crippen molar-refractivity contribution in [3.63, 3.8) is 0 Å². The van der Waals surface area contributed by atoms with Gasteiger partial charge in [-0.2, -0.15) is 4.98 Å². The molecule has 2 aromatic rings.